The number of benzene rings is 1. The van der Waals surface area contributed by atoms with Crippen molar-refractivity contribution in [3.63, 3.8) is 0 Å². The van der Waals surface area contributed by atoms with Gasteiger partial charge in [0.2, 0.25) is 0 Å². The smallest absolute Gasteiger partial charge is 0.187 e. The number of rotatable bonds is 2. The molecule has 0 saturated carbocycles. The van der Waals surface area contributed by atoms with Gasteiger partial charge in [-0.2, -0.15) is 0 Å². The number of allylic oxidation sites excluding steroid dienone is 4. The number of aliphatic hydroxyl groups excluding tert-OH is 1. The summed E-state index contributed by atoms with van der Waals surface area (Å²) in [4.78, 5) is 12.4. The molecule has 2 aliphatic rings. The van der Waals surface area contributed by atoms with Gasteiger partial charge in [0.05, 0.1) is 5.02 Å². The van der Waals surface area contributed by atoms with Crippen LogP contribution in [0.25, 0.3) is 0 Å². The number of hydrogen-bond acceptors (Lipinski definition) is 3. The number of nitrogens with one attached hydrogen (secondary N) is 1. The number of hydrogen-bond donors (Lipinski definition) is 2. The molecule has 1 aliphatic heterocycles. The minimum Gasteiger partial charge on any atom is -0.369 e. The van der Waals surface area contributed by atoms with Crippen LogP contribution in [0.15, 0.2) is 53.3 Å². The molecule has 1 heterocycles. The van der Waals surface area contributed by atoms with Crippen molar-refractivity contribution >= 4 is 29.0 Å². The van der Waals surface area contributed by atoms with Crippen molar-refractivity contribution in [1.29, 1.82) is 0 Å². The summed E-state index contributed by atoms with van der Waals surface area (Å²) in [5, 5.41) is 13.8. The second-order valence-corrected chi connectivity index (χ2v) is 5.79. The van der Waals surface area contributed by atoms with Gasteiger partial charge in [-0.25, -0.2) is 0 Å². The minimum atomic E-state index is -0.873. The summed E-state index contributed by atoms with van der Waals surface area (Å²) < 4.78 is 0. The standard InChI is InChI=1S/C16H13Cl2NO2/c17-9-5-6-13(18)12(7-9)15(20)8-11-10-3-1-2-4-14(10)19-16(11)21/h3-8,16,19,21H,1-2H2/b11-8+. The molecule has 21 heavy (non-hydrogen) atoms. The second kappa shape index (κ2) is 5.68. The van der Waals surface area contributed by atoms with Gasteiger partial charge in [-0.1, -0.05) is 35.4 Å². The number of carbonyl (C=O) groups excluding carboxylic acids is 1. The van der Waals surface area contributed by atoms with Gasteiger partial charge >= 0.3 is 0 Å². The van der Waals surface area contributed by atoms with E-state index >= 15 is 0 Å². The fourth-order valence-corrected chi connectivity index (χ4v) is 2.90. The zero-order valence-electron chi connectivity index (χ0n) is 11.1. The van der Waals surface area contributed by atoms with E-state index in [2.05, 4.69) is 5.32 Å². The van der Waals surface area contributed by atoms with E-state index in [1.54, 1.807) is 12.1 Å². The Morgan fingerprint density at radius 2 is 2.05 bits per heavy atom. The predicted octanol–water partition coefficient (Wildman–Crippen LogP) is 3.63. The highest BCUT2D eigenvalue weighted by Gasteiger charge is 2.29. The van der Waals surface area contributed by atoms with Gasteiger partial charge in [0.15, 0.2) is 12.0 Å². The molecule has 5 heteroatoms. The zero-order chi connectivity index (χ0) is 15.0. The summed E-state index contributed by atoms with van der Waals surface area (Å²) in [6, 6.07) is 4.75. The second-order valence-electron chi connectivity index (χ2n) is 4.95. The van der Waals surface area contributed by atoms with E-state index in [1.165, 1.54) is 12.1 Å². The maximum absolute atomic E-state index is 12.4. The van der Waals surface area contributed by atoms with Gasteiger partial charge in [0.1, 0.15) is 0 Å². The summed E-state index contributed by atoms with van der Waals surface area (Å²) >= 11 is 11.9. The Morgan fingerprint density at radius 1 is 1.29 bits per heavy atom. The molecule has 0 bridgehead atoms. The first-order valence-electron chi connectivity index (χ1n) is 6.63. The van der Waals surface area contributed by atoms with Crippen molar-refractivity contribution in [3.05, 3.63) is 68.9 Å². The molecule has 2 N–H and O–H groups in total. The van der Waals surface area contributed by atoms with Crippen LogP contribution in [0.3, 0.4) is 0 Å². The van der Waals surface area contributed by atoms with Crippen molar-refractivity contribution in [2.45, 2.75) is 19.1 Å². The summed E-state index contributed by atoms with van der Waals surface area (Å²) in [6.07, 6.45) is 6.43. The molecular weight excluding hydrogens is 309 g/mol. The fourth-order valence-electron chi connectivity index (χ4n) is 2.52. The summed E-state index contributed by atoms with van der Waals surface area (Å²) in [5.74, 6) is -0.272. The number of ketones is 1. The Morgan fingerprint density at radius 3 is 2.86 bits per heavy atom. The molecule has 1 fully saturated rings. The number of aliphatic hydroxyl groups is 1. The first kappa shape index (κ1) is 14.4. The van der Waals surface area contributed by atoms with E-state index in [1.807, 2.05) is 12.2 Å². The van der Waals surface area contributed by atoms with Crippen molar-refractivity contribution in [3.8, 4) is 0 Å². The largest absolute Gasteiger partial charge is 0.369 e. The summed E-state index contributed by atoms with van der Waals surface area (Å²) in [6.45, 7) is 0. The van der Waals surface area contributed by atoms with Gasteiger partial charge in [-0.3, -0.25) is 4.79 Å². The molecule has 3 nitrogen and oxygen atoms in total. The van der Waals surface area contributed by atoms with Crippen LogP contribution >= 0.6 is 23.2 Å². The number of fused-ring (bicyclic) bond motifs is 1. The molecule has 0 spiro atoms. The molecule has 3 rings (SSSR count). The van der Waals surface area contributed by atoms with Crippen LogP contribution in [0.4, 0.5) is 0 Å². The van der Waals surface area contributed by atoms with Gasteiger partial charge < -0.3 is 10.4 Å². The van der Waals surface area contributed by atoms with Crippen molar-refractivity contribution < 1.29 is 9.90 Å². The molecule has 0 aromatic heterocycles. The third-order valence-corrected chi connectivity index (χ3v) is 4.10. The van der Waals surface area contributed by atoms with Crippen LogP contribution in [0.5, 0.6) is 0 Å². The van der Waals surface area contributed by atoms with Gasteiger partial charge in [0, 0.05) is 27.4 Å². The quantitative estimate of drug-likeness (QED) is 0.646. The van der Waals surface area contributed by atoms with E-state index in [9.17, 15) is 9.90 Å². The first-order valence-corrected chi connectivity index (χ1v) is 7.38. The maximum Gasteiger partial charge on any atom is 0.187 e. The molecule has 1 unspecified atom stereocenters. The van der Waals surface area contributed by atoms with E-state index in [-0.39, 0.29) is 5.78 Å². The van der Waals surface area contributed by atoms with E-state index < -0.39 is 6.23 Å². The maximum atomic E-state index is 12.4. The van der Waals surface area contributed by atoms with Crippen LogP contribution < -0.4 is 5.32 Å². The lowest BCUT2D eigenvalue weighted by molar-refractivity contribution is 0.104. The lowest BCUT2D eigenvalue weighted by Gasteiger charge is -2.07. The van der Waals surface area contributed by atoms with E-state index in [0.29, 0.717) is 21.2 Å². The van der Waals surface area contributed by atoms with Crippen molar-refractivity contribution in [1.82, 2.24) is 5.32 Å². The molecular formula is C16H13Cl2NO2. The Hall–Kier alpha value is -1.55. The van der Waals surface area contributed by atoms with Crippen molar-refractivity contribution in [2.24, 2.45) is 0 Å². The highest BCUT2D eigenvalue weighted by Crippen LogP contribution is 2.32. The average Bonchev–Trinajstić information content (AvgIpc) is 2.78. The van der Waals surface area contributed by atoms with Gasteiger partial charge in [-0.15, -0.1) is 0 Å². The Labute approximate surface area is 132 Å². The third-order valence-electron chi connectivity index (χ3n) is 3.53. The molecule has 0 amide bonds. The number of halogens is 2. The molecule has 1 aliphatic carbocycles. The molecule has 1 aromatic carbocycles. The van der Waals surface area contributed by atoms with Crippen LogP contribution in [0.1, 0.15) is 23.2 Å². The molecule has 108 valence electrons. The van der Waals surface area contributed by atoms with E-state index in [0.717, 1.165) is 24.1 Å². The molecule has 1 aromatic rings. The van der Waals surface area contributed by atoms with Crippen LogP contribution in [0, 0.1) is 0 Å². The van der Waals surface area contributed by atoms with Crippen LogP contribution in [-0.2, 0) is 0 Å². The Bertz CT molecular complexity index is 704. The van der Waals surface area contributed by atoms with Crippen LogP contribution in [0.2, 0.25) is 10.0 Å². The molecule has 1 saturated heterocycles. The van der Waals surface area contributed by atoms with Crippen molar-refractivity contribution in [2.75, 3.05) is 0 Å². The predicted molar refractivity (Wildman–Crippen MR) is 83.4 cm³/mol. The summed E-state index contributed by atoms with van der Waals surface area (Å²) in [5.41, 5.74) is 2.67. The Balaban J connectivity index is 1.98. The molecule has 1 atom stereocenters. The normalized spacial score (nSPS) is 22.4. The first-order chi connectivity index (χ1) is 10.1. The lowest BCUT2D eigenvalue weighted by atomic mass is 9.97. The highest BCUT2D eigenvalue weighted by atomic mass is 35.5. The third kappa shape index (κ3) is 2.77. The average molecular weight is 322 g/mol. The fraction of sp³-hybridized carbons (Fsp3) is 0.188. The number of carbonyl (C=O) groups is 1. The summed E-state index contributed by atoms with van der Waals surface area (Å²) in [7, 11) is 0. The monoisotopic (exact) mass is 321 g/mol. The van der Waals surface area contributed by atoms with Crippen LogP contribution in [-0.4, -0.2) is 17.1 Å². The zero-order valence-corrected chi connectivity index (χ0v) is 12.6. The topological polar surface area (TPSA) is 49.3 Å². The van der Waals surface area contributed by atoms with Gasteiger partial charge in [0.25, 0.3) is 0 Å². The lowest BCUT2D eigenvalue weighted by Crippen LogP contribution is -2.21. The van der Waals surface area contributed by atoms with Gasteiger partial charge in [-0.05, 0) is 37.1 Å². The SMILES string of the molecule is O=C(/C=C1\C2=CCCC=C2NC1O)c1cc(Cl)ccc1Cl. The van der Waals surface area contributed by atoms with E-state index in [4.69, 9.17) is 23.2 Å². The Kier molecular flexibility index (Phi) is 3.89. The highest BCUT2D eigenvalue weighted by molar-refractivity contribution is 6.36. The molecule has 0 radical (unpaired) electrons. The minimum absolute atomic E-state index is 0.272.